The van der Waals surface area contributed by atoms with Gasteiger partial charge < -0.3 is 5.32 Å². The van der Waals surface area contributed by atoms with Crippen LogP contribution in [-0.4, -0.2) is 30.9 Å². The Labute approximate surface area is 168 Å². The molecule has 1 amide bonds. The Hall–Kier alpha value is -3.69. The van der Waals surface area contributed by atoms with E-state index in [-0.39, 0.29) is 11.3 Å². The quantitative estimate of drug-likeness (QED) is 0.525. The zero-order valence-corrected chi connectivity index (χ0v) is 16.3. The second-order valence-corrected chi connectivity index (χ2v) is 6.90. The van der Waals surface area contributed by atoms with Gasteiger partial charge in [-0.05, 0) is 26.0 Å². The number of carbonyl (C=O) groups is 1. The van der Waals surface area contributed by atoms with Crippen molar-refractivity contribution in [1.29, 1.82) is 0 Å². The number of halogens is 3. The van der Waals surface area contributed by atoms with Gasteiger partial charge in [-0.2, -0.15) is 23.4 Å². The first-order valence-electron chi connectivity index (χ1n) is 8.99. The normalized spacial score (nSPS) is 11.8. The Kier molecular flexibility index (Phi) is 4.56. The molecule has 30 heavy (non-hydrogen) atoms. The number of hydrogen-bond acceptors (Lipinski definition) is 4. The van der Waals surface area contributed by atoms with Crippen molar-refractivity contribution in [2.45, 2.75) is 20.0 Å². The van der Waals surface area contributed by atoms with Crippen LogP contribution < -0.4 is 5.32 Å². The van der Waals surface area contributed by atoms with E-state index >= 15 is 0 Å². The first kappa shape index (κ1) is 19.6. The molecule has 3 heterocycles. The molecule has 0 unspecified atom stereocenters. The van der Waals surface area contributed by atoms with Gasteiger partial charge in [0, 0.05) is 24.2 Å². The number of nitrogens with one attached hydrogen (secondary N) is 2. The predicted octanol–water partition coefficient (Wildman–Crippen LogP) is 4.25. The number of para-hydroxylation sites is 1. The van der Waals surface area contributed by atoms with E-state index in [0.29, 0.717) is 16.6 Å². The smallest absolute Gasteiger partial charge is 0.319 e. The molecule has 4 aromatic rings. The number of alkyl halides is 3. The number of hydrogen-bond donors (Lipinski definition) is 2. The molecule has 0 radical (unpaired) electrons. The highest BCUT2D eigenvalue weighted by Gasteiger charge is 2.38. The lowest BCUT2D eigenvalue weighted by molar-refractivity contribution is -0.140. The number of aromatic amines is 1. The maximum atomic E-state index is 13.2. The minimum atomic E-state index is -4.70. The lowest BCUT2D eigenvalue weighted by Gasteiger charge is -2.12. The number of aromatic nitrogens is 5. The molecule has 2 N–H and O–H groups in total. The van der Waals surface area contributed by atoms with E-state index in [1.807, 2.05) is 6.92 Å². The first-order valence-corrected chi connectivity index (χ1v) is 8.99. The third-order valence-electron chi connectivity index (χ3n) is 4.70. The Morgan fingerprint density at radius 3 is 2.60 bits per heavy atom. The topological polar surface area (TPSA) is 88.5 Å². The molecule has 0 bridgehead atoms. The largest absolute Gasteiger partial charge is 0.437 e. The van der Waals surface area contributed by atoms with Gasteiger partial charge in [-0.25, -0.2) is 4.98 Å². The van der Waals surface area contributed by atoms with Crippen molar-refractivity contribution in [3.05, 3.63) is 59.2 Å². The summed E-state index contributed by atoms with van der Waals surface area (Å²) in [5, 5.41) is 12.8. The molecule has 154 valence electrons. The average molecular weight is 414 g/mol. The summed E-state index contributed by atoms with van der Waals surface area (Å²) in [5.74, 6) is -0.689. The number of benzene rings is 1. The predicted molar refractivity (Wildman–Crippen MR) is 105 cm³/mol. The van der Waals surface area contributed by atoms with Crippen molar-refractivity contribution in [3.8, 4) is 11.3 Å². The van der Waals surface area contributed by atoms with Gasteiger partial charge >= 0.3 is 6.18 Å². The van der Waals surface area contributed by atoms with Crippen molar-refractivity contribution in [2.75, 3.05) is 5.32 Å². The number of aryl methyl sites for hydroxylation is 3. The monoisotopic (exact) mass is 414 g/mol. The summed E-state index contributed by atoms with van der Waals surface area (Å²) in [7, 11) is 1.77. The van der Waals surface area contributed by atoms with E-state index in [4.69, 9.17) is 0 Å². The lowest BCUT2D eigenvalue weighted by Crippen LogP contribution is -2.17. The Bertz CT molecular complexity index is 1270. The summed E-state index contributed by atoms with van der Waals surface area (Å²) in [6.07, 6.45) is -2.93. The van der Waals surface area contributed by atoms with Crippen LogP contribution in [0.1, 0.15) is 27.4 Å². The van der Waals surface area contributed by atoms with E-state index in [1.165, 1.54) is 6.92 Å². The van der Waals surface area contributed by atoms with Crippen molar-refractivity contribution in [3.63, 3.8) is 0 Å². The number of amides is 1. The molecule has 3 aromatic heterocycles. The molecule has 7 nitrogen and oxygen atoms in total. The number of rotatable bonds is 3. The molecular formula is C20H17F3N6O. The molecule has 0 atom stereocenters. The van der Waals surface area contributed by atoms with Gasteiger partial charge in [-0.1, -0.05) is 18.2 Å². The molecular weight excluding hydrogens is 397 g/mol. The maximum absolute atomic E-state index is 13.2. The third kappa shape index (κ3) is 3.40. The summed E-state index contributed by atoms with van der Waals surface area (Å²) in [4.78, 5) is 17.7. The number of nitrogens with zero attached hydrogens (tertiary/aromatic N) is 4. The maximum Gasteiger partial charge on any atom is 0.437 e. The molecule has 0 saturated heterocycles. The number of H-pyrrole nitrogens is 1. The van der Waals surface area contributed by atoms with Crippen molar-refractivity contribution in [1.82, 2.24) is 25.0 Å². The van der Waals surface area contributed by atoms with E-state index in [1.54, 1.807) is 48.3 Å². The van der Waals surface area contributed by atoms with E-state index in [2.05, 4.69) is 25.6 Å². The van der Waals surface area contributed by atoms with Gasteiger partial charge in [-0.3, -0.25) is 14.6 Å². The van der Waals surface area contributed by atoms with Crippen molar-refractivity contribution >= 4 is 22.5 Å². The Morgan fingerprint density at radius 1 is 1.20 bits per heavy atom. The van der Waals surface area contributed by atoms with Crippen molar-refractivity contribution in [2.24, 2.45) is 7.05 Å². The molecule has 0 saturated carbocycles. The van der Waals surface area contributed by atoms with Crippen LogP contribution in [0.25, 0.3) is 22.2 Å². The molecule has 10 heteroatoms. The second-order valence-electron chi connectivity index (χ2n) is 6.90. The highest BCUT2D eigenvalue weighted by atomic mass is 19.4. The summed E-state index contributed by atoms with van der Waals surface area (Å²) < 4.78 is 41.4. The number of carbonyl (C=O) groups excluding carboxylic acids is 1. The van der Waals surface area contributed by atoms with Crippen LogP contribution in [0, 0.1) is 13.8 Å². The summed E-state index contributed by atoms with van der Waals surface area (Å²) in [6, 6.07) is 8.51. The zero-order chi connectivity index (χ0) is 21.6. The number of anilines is 1. The van der Waals surface area contributed by atoms with Gasteiger partial charge in [0.25, 0.3) is 5.91 Å². The average Bonchev–Trinajstić information content (AvgIpc) is 3.22. The number of pyridine rings is 1. The Morgan fingerprint density at radius 2 is 1.93 bits per heavy atom. The summed E-state index contributed by atoms with van der Waals surface area (Å²) in [5.41, 5.74) is 1.24. The molecule has 0 aliphatic rings. The van der Waals surface area contributed by atoms with Crippen LogP contribution in [0.15, 0.2) is 36.5 Å². The molecule has 0 aliphatic carbocycles. The first-order chi connectivity index (χ1) is 14.1. The standard InChI is InChI=1S/C20H17F3N6O/c1-10-14(9-29(3)28-10)16-8-13(12-6-4-5-7-15(12)24-16)19(30)25-17-11(2)26-27-18(17)20(21,22)23/h4-9H,1-3H3,(H,25,30)(H,26,27). The fraction of sp³-hybridized carbons (Fsp3) is 0.200. The summed E-state index contributed by atoms with van der Waals surface area (Å²) >= 11 is 0. The zero-order valence-electron chi connectivity index (χ0n) is 16.3. The van der Waals surface area contributed by atoms with Gasteiger partial charge in [0.15, 0.2) is 5.69 Å². The van der Waals surface area contributed by atoms with E-state index < -0.39 is 23.5 Å². The minimum Gasteiger partial charge on any atom is -0.319 e. The van der Waals surface area contributed by atoms with Crippen LogP contribution in [0.2, 0.25) is 0 Å². The molecule has 4 rings (SSSR count). The molecule has 0 aliphatic heterocycles. The minimum absolute atomic E-state index is 0.109. The van der Waals surface area contributed by atoms with Crippen LogP contribution >= 0.6 is 0 Å². The molecule has 0 spiro atoms. The van der Waals surface area contributed by atoms with Crippen LogP contribution in [0.5, 0.6) is 0 Å². The second kappa shape index (κ2) is 6.97. The van der Waals surface area contributed by atoms with Gasteiger partial charge in [0.2, 0.25) is 0 Å². The summed E-state index contributed by atoms with van der Waals surface area (Å²) in [6.45, 7) is 3.23. The van der Waals surface area contributed by atoms with Crippen LogP contribution in [0.4, 0.5) is 18.9 Å². The molecule has 1 aromatic carbocycles. The fourth-order valence-electron chi connectivity index (χ4n) is 3.32. The third-order valence-corrected chi connectivity index (χ3v) is 4.70. The van der Waals surface area contributed by atoms with Gasteiger partial charge in [0.05, 0.1) is 33.8 Å². The van der Waals surface area contributed by atoms with E-state index in [0.717, 1.165) is 11.3 Å². The number of fused-ring (bicyclic) bond motifs is 1. The fourth-order valence-corrected chi connectivity index (χ4v) is 3.32. The van der Waals surface area contributed by atoms with Crippen LogP contribution in [-0.2, 0) is 13.2 Å². The highest BCUT2D eigenvalue weighted by molar-refractivity contribution is 6.13. The van der Waals surface area contributed by atoms with E-state index in [9.17, 15) is 18.0 Å². The van der Waals surface area contributed by atoms with Gasteiger partial charge in [-0.15, -0.1) is 0 Å². The SMILES string of the molecule is Cc1nn(C)cc1-c1cc(C(=O)Nc2c(C(F)(F)F)n[nH]c2C)c2ccccc2n1. The van der Waals surface area contributed by atoms with Crippen molar-refractivity contribution < 1.29 is 18.0 Å². The lowest BCUT2D eigenvalue weighted by atomic mass is 10.0. The molecule has 0 fully saturated rings. The Balaban J connectivity index is 1.84. The van der Waals surface area contributed by atoms with Crippen LogP contribution in [0.3, 0.4) is 0 Å². The highest BCUT2D eigenvalue weighted by Crippen LogP contribution is 2.35. The van der Waals surface area contributed by atoms with Gasteiger partial charge in [0.1, 0.15) is 0 Å².